The minimum absolute atomic E-state index is 0.0966. The van der Waals surface area contributed by atoms with E-state index >= 15 is 0 Å². The van der Waals surface area contributed by atoms with Gasteiger partial charge >= 0.3 is 5.97 Å². The molecular weight excluding hydrogens is 358 g/mol. The van der Waals surface area contributed by atoms with E-state index in [1.54, 1.807) is 18.2 Å². The maximum absolute atomic E-state index is 12.1. The van der Waals surface area contributed by atoms with Crippen LogP contribution in [-0.4, -0.2) is 31.4 Å². The molecule has 6 heteroatoms. The van der Waals surface area contributed by atoms with Crippen molar-refractivity contribution in [2.24, 2.45) is 0 Å². The first kappa shape index (κ1) is 21.2. The molecule has 28 heavy (non-hydrogen) atoms. The van der Waals surface area contributed by atoms with Crippen LogP contribution in [0, 0.1) is 0 Å². The summed E-state index contributed by atoms with van der Waals surface area (Å²) < 4.78 is 10.3. The van der Waals surface area contributed by atoms with Gasteiger partial charge in [0.25, 0.3) is 5.91 Å². The average molecular weight is 383 g/mol. The van der Waals surface area contributed by atoms with Gasteiger partial charge in [-0.2, -0.15) is 0 Å². The molecule has 0 aliphatic carbocycles. The molecule has 0 unspecified atom stereocenters. The Hall–Kier alpha value is -3.15. The van der Waals surface area contributed by atoms with E-state index in [0.717, 1.165) is 0 Å². The molecule has 0 saturated heterocycles. The number of hydrogen-bond acceptors (Lipinski definition) is 5. The first-order valence-corrected chi connectivity index (χ1v) is 9.03. The Labute approximate surface area is 164 Å². The number of amides is 1. The van der Waals surface area contributed by atoms with Gasteiger partial charge in [0, 0.05) is 16.8 Å². The third kappa shape index (κ3) is 5.94. The lowest BCUT2D eigenvalue weighted by Gasteiger charge is -2.11. The standard InChI is InChI=1S/C22H25NO5/c1-14(2)16-5-8-19(9-6-16)23-21(25)13-28-22(26)12-18-11-17(15(3)24)7-10-20(18)27-4/h5-11,14H,12-13H2,1-4H3,(H,23,25). The maximum atomic E-state index is 12.1. The second kappa shape index (κ2) is 9.69. The second-order valence-electron chi connectivity index (χ2n) is 6.75. The molecule has 1 amide bonds. The molecule has 0 fully saturated rings. The minimum Gasteiger partial charge on any atom is -0.496 e. The summed E-state index contributed by atoms with van der Waals surface area (Å²) >= 11 is 0. The number of esters is 1. The molecule has 0 heterocycles. The van der Waals surface area contributed by atoms with Crippen LogP contribution in [0.1, 0.15) is 48.2 Å². The Morgan fingerprint density at radius 2 is 1.71 bits per heavy atom. The summed E-state index contributed by atoms with van der Waals surface area (Å²) in [5.74, 6) is -0.222. The molecular formula is C22H25NO5. The van der Waals surface area contributed by atoms with Gasteiger partial charge in [-0.25, -0.2) is 0 Å². The van der Waals surface area contributed by atoms with Crippen LogP contribution in [0.4, 0.5) is 5.69 Å². The number of ketones is 1. The van der Waals surface area contributed by atoms with Gasteiger partial charge in [0.05, 0.1) is 13.5 Å². The highest BCUT2D eigenvalue weighted by molar-refractivity contribution is 5.95. The number of rotatable bonds is 8. The second-order valence-corrected chi connectivity index (χ2v) is 6.75. The van der Waals surface area contributed by atoms with Gasteiger partial charge in [0.2, 0.25) is 0 Å². The molecule has 0 aromatic heterocycles. The van der Waals surface area contributed by atoms with Gasteiger partial charge < -0.3 is 14.8 Å². The Kier molecular flexibility index (Phi) is 7.32. The van der Waals surface area contributed by atoms with E-state index in [1.807, 2.05) is 24.3 Å². The van der Waals surface area contributed by atoms with Crippen molar-refractivity contribution < 1.29 is 23.9 Å². The fourth-order valence-corrected chi connectivity index (χ4v) is 2.64. The van der Waals surface area contributed by atoms with E-state index in [4.69, 9.17) is 9.47 Å². The van der Waals surface area contributed by atoms with Crippen molar-refractivity contribution in [1.82, 2.24) is 0 Å². The Morgan fingerprint density at radius 3 is 2.29 bits per heavy atom. The highest BCUT2D eigenvalue weighted by atomic mass is 16.5. The number of anilines is 1. The Bertz CT molecular complexity index is 856. The molecule has 0 aliphatic rings. The number of methoxy groups -OCH3 is 1. The summed E-state index contributed by atoms with van der Waals surface area (Å²) in [5.41, 5.74) is 2.82. The van der Waals surface area contributed by atoms with Crippen molar-refractivity contribution in [2.75, 3.05) is 19.0 Å². The summed E-state index contributed by atoms with van der Waals surface area (Å²) in [6.45, 7) is 5.24. The van der Waals surface area contributed by atoms with E-state index in [-0.39, 0.29) is 18.8 Å². The normalized spacial score (nSPS) is 10.5. The van der Waals surface area contributed by atoms with Crippen LogP contribution in [0.2, 0.25) is 0 Å². The molecule has 2 aromatic rings. The van der Waals surface area contributed by atoms with Crippen molar-refractivity contribution in [3.63, 3.8) is 0 Å². The van der Waals surface area contributed by atoms with E-state index in [1.165, 1.54) is 19.6 Å². The summed E-state index contributed by atoms with van der Waals surface area (Å²) in [7, 11) is 1.48. The van der Waals surface area contributed by atoms with Crippen LogP contribution in [0.15, 0.2) is 42.5 Å². The number of carbonyl (C=O) groups excluding carboxylic acids is 3. The number of benzene rings is 2. The van der Waals surface area contributed by atoms with Crippen molar-refractivity contribution >= 4 is 23.3 Å². The molecule has 148 valence electrons. The number of Topliss-reactive ketones (excluding diaryl/α,β-unsaturated/α-hetero) is 1. The van der Waals surface area contributed by atoms with E-state index in [9.17, 15) is 14.4 Å². The molecule has 0 spiro atoms. The number of nitrogens with one attached hydrogen (secondary N) is 1. The van der Waals surface area contributed by atoms with Gasteiger partial charge in [-0.1, -0.05) is 26.0 Å². The van der Waals surface area contributed by atoms with Crippen LogP contribution in [0.5, 0.6) is 5.75 Å². The zero-order valence-corrected chi connectivity index (χ0v) is 16.6. The van der Waals surface area contributed by atoms with Crippen LogP contribution in [-0.2, 0) is 20.7 Å². The van der Waals surface area contributed by atoms with Crippen LogP contribution < -0.4 is 10.1 Å². The quantitative estimate of drug-likeness (QED) is 0.555. The summed E-state index contributed by atoms with van der Waals surface area (Å²) in [4.78, 5) is 35.6. The van der Waals surface area contributed by atoms with Crippen molar-refractivity contribution in [1.29, 1.82) is 0 Å². The van der Waals surface area contributed by atoms with Gasteiger partial charge in [-0.3, -0.25) is 14.4 Å². The van der Waals surface area contributed by atoms with Crippen LogP contribution in [0.3, 0.4) is 0 Å². The number of hydrogen-bond donors (Lipinski definition) is 1. The monoisotopic (exact) mass is 383 g/mol. The number of ether oxygens (including phenoxy) is 2. The van der Waals surface area contributed by atoms with Crippen molar-refractivity contribution in [3.8, 4) is 5.75 Å². The summed E-state index contributed by atoms with van der Waals surface area (Å²) in [6.07, 6.45) is -0.0966. The van der Waals surface area contributed by atoms with Gasteiger partial charge in [0.1, 0.15) is 5.75 Å². The predicted octanol–water partition coefficient (Wildman–Crippen LogP) is 3.75. The molecule has 6 nitrogen and oxygen atoms in total. The van der Waals surface area contributed by atoms with E-state index < -0.39 is 11.9 Å². The molecule has 2 aromatic carbocycles. The molecule has 0 saturated carbocycles. The summed E-state index contributed by atoms with van der Waals surface area (Å²) in [6, 6.07) is 12.4. The third-order valence-corrected chi connectivity index (χ3v) is 4.25. The molecule has 0 aliphatic heterocycles. The van der Waals surface area contributed by atoms with Crippen molar-refractivity contribution in [3.05, 3.63) is 59.2 Å². The van der Waals surface area contributed by atoms with Crippen LogP contribution in [0.25, 0.3) is 0 Å². The average Bonchev–Trinajstić information content (AvgIpc) is 2.66. The largest absolute Gasteiger partial charge is 0.496 e. The zero-order chi connectivity index (χ0) is 20.7. The minimum atomic E-state index is -0.579. The smallest absolute Gasteiger partial charge is 0.310 e. The lowest BCUT2D eigenvalue weighted by Crippen LogP contribution is -2.21. The SMILES string of the molecule is COc1ccc(C(C)=O)cc1CC(=O)OCC(=O)Nc1ccc(C(C)C)cc1. The molecule has 0 atom stereocenters. The van der Waals surface area contributed by atoms with E-state index in [0.29, 0.717) is 28.5 Å². The lowest BCUT2D eigenvalue weighted by molar-refractivity contribution is -0.146. The third-order valence-electron chi connectivity index (χ3n) is 4.25. The maximum Gasteiger partial charge on any atom is 0.310 e. The topological polar surface area (TPSA) is 81.7 Å². The fourth-order valence-electron chi connectivity index (χ4n) is 2.64. The molecule has 0 radical (unpaired) electrons. The van der Waals surface area contributed by atoms with E-state index in [2.05, 4.69) is 19.2 Å². The lowest BCUT2D eigenvalue weighted by atomic mass is 10.0. The zero-order valence-electron chi connectivity index (χ0n) is 16.6. The Morgan fingerprint density at radius 1 is 1.04 bits per heavy atom. The summed E-state index contributed by atoms with van der Waals surface area (Å²) in [5, 5.41) is 2.69. The van der Waals surface area contributed by atoms with Gasteiger partial charge in [-0.05, 0) is 48.7 Å². The highest BCUT2D eigenvalue weighted by Crippen LogP contribution is 2.21. The first-order valence-electron chi connectivity index (χ1n) is 9.03. The number of carbonyl (C=O) groups is 3. The van der Waals surface area contributed by atoms with Crippen molar-refractivity contribution in [2.45, 2.75) is 33.1 Å². The van der Waals surface area contributed by atoms with Gasteiger partial charge in [-0.15, -0.1) is 0 Å². The first-order chi connectivity index (χ1) is 13.3. The highest BCUT2D eigenvalue weighted by Gasteiger charge is 2.14. The molecule has 0 bridgehead atoms. The van der Waals surface area contributed by atoms with Crippen LogP contribution >= 0.6 is 0 Å². The predicted molar refractivity (Wildman–Crippen MR) is 107 cm³/mol. The molecule has 1 N–H and O–H groups in total. The molecule has 2 rings (SSSR count). The Balaban J connectivity index is 1.90. The van der Waals surface area contributed by atoms with Gasteiger partial charge in [0.15, 0.2) is 12.4 Å². The fraction of sp³-hybridized carbons (Fsp3) is 0.318.